The number of aliphatic carboxylic acids is 2. The fourth-order valence-electron chi connectivity index (χ4n) is 12.9. The molecule has 10 rings (SSSR count). The molecule has 3 heterocycles. The van der Waals surface area contributed by atoms with Gasteiger partial charge in [0.15, 0.2) is 40.4 Å². The van der Waals surface area contributed by atoms with Crippen LogP contribution in [0.4, 0.5) is 18.9 Å². The van der Waals surface area contributed by atoms with E-state index in [1.165, 1.54) is 81.6 Å². The summed E-state index contributed by atoms with van der Waals surface area (Å²) in [4.78, 5) is 78.0. The fourth-order valence-corrected chi connectivity index (χ4v) is 12.9. The van der Waals surface area contributed by atoms with Gasteiger partial charge in [0.05, 0.1) is 49.1 Å². The molecule has 0 spiro atoms. The number of aromatic nitrogens is 2. The Morgan fingerprint density at radius 2 is 1.01 bits per heavy atom. The number of aryl methyl sites for hydroxylation is 3. The Kier molecular flexibility index (Phi) is 13.5. The van der Waals surface area contributed by atoms with E-state index in [9.17, 15) is 19.8 Å². The maximum Gasteiger partial charge on any atom is 0.372 e. The molecular weight excluding hydrogens is 1020 g/mol. The molecule has 2 N–H and O–H groups in total. The van der Waals surface area contributed by atoms with Crippen LogP contribution in [0.25, 0.3) is 27.4 Å². The van der Waals surface area contributed by atoms with Crippen molar-refractivity contribution in [1.82, 2.24) is 13.6 Å². The normalized spacial score (nSPS) is 16.5. The average molecular weight is 1070 g/mol. The third-order valence-electron chi connectivity index (χ3n) is 16.4. The zero-order chi connectivity index (χ0) is 56.7. The molecule has 3 atom stereocenters. The van der Waals surface area contributed by atoms with Crippen molar-refractivity contribution in [2.45, 2.75) is 78.7 Å². The van der Waals surface area contributed by atoms with Gasteiger partial charge in [-0.05, 0) is 102 Å². The Morgan fingerprint density at radius 3 is 1.48 bits per heavy atom. The number of methoxy groups -OCH3 is 3. The molecule has 0 radical (unpaired) electrons. The van der Waals surface area contributed by atoms with Crippen LogP contribution < -0.4 is 18.7 Å². The van der Waals surface area contributed by atoms with E-state index in [2.05, 4.69) is 0 Å². The molecule has 2 aromatic heterocycles. The monoisotopic (exact) mass is 1070 g/mol. The predicted octanol–water partition coefficient (Wildman–Crippen LogP) is 12.9. The van der Waals surface area contributed by atoms with Crippen molar-refractivity contribution in [2.75, 3.05) is 21.3 Å². The number of allylic oxidation sites excluding steroid dienone is 1. The van der Waals surface area contributed by atoms with Gasteiger partial charge in [-0.1, -0.05) is 65.9 Å². The Balaban J connectivity index is 1.43. The first kappa shape index (κ1) is 53.6. The van der Waals surface area contributed by atoms with E-state index in [-0.39, 0.29) is 114 Å². The van der Waals surface area contributed by atoms with Gasteiger partial charge in [-0.25, -0.2) is 22.8 Å². The number of hydrogen-bond acceptors (Lipinski definition) is 8. The van der Waals surface area contributed by atoms with Gasteiger partial charge in [-0.15, -0.1) is 0 Å². The molecule has 2 aliphatic rings. The summed E-state index contributed by atoms with van der Waals surface area (Å²) in [5.74, 6) is -12.1. The summed E-state index contributed by atoms with van der Waals surface area (Å²) in [6.45, 7) is 9.96. The highest BCUT2D eigenvalue weighted by Crippen LogP contribution is 2.64. The Bertz CT molecular complexity index is 3930. The van der Waals surface area contributed by atoms with E-state index >= 15 is 27.6 Å². The standard InChI is InChI=1S/C63H56F3N3O10/c1-32-14-20-38(21-15-32)58(70)67-35(4)54(42-26-51(77-7)45(64)29-48(42)67)56(61(73)74)55-37(6)69(60(72)40-24-18-34(3)19-25-40,50-31-47(66)53(79-9)28-44(50)55)63(62(75)76,41-12-10-11-13-41)57-36(5)68(59(71)39-22-16-33(2)17-23-39)49-30-46(65)52(78-8)27-43(49)57/h14-31,41,56H,10-13H2,1-9H3,(H-,73,74,75,76)/p+1. The lowest BCUT2D eigenvalue weighted by Gasteiger charge is -2.50. The molecule has 404 valence electrons. The summed E-state index contributed by atoms with van der Waals surface area (Å²) in [6.07, 6.45) is 1.28. The quantitative estimate of drug-likeness (QED) is 0.106. The third kappa shape index (κ3) is 7.89. The number of ether oxygens (including phenoxy) is 3. The topological polar surface area (TPSA) is 163 Å². The number of halogens is 3. The van der Waals surface area contributed by atoms with Gasteiger partial charge in [-0.3, -0.25) is 23.5 Å². The van der Waals surface area contributed by atoms with Gasteiger partial charge in [0.1, 0.15) is 11.6 Å². The van der Waals surface area contributed by atoms with E-state index in [1.807, 2.05) is 13.8 Å². The van der Waals surface area contributed by atoms with Crippen LogP contribution in [0, 0.1) is 58.0 Å². The van der Waals surface area contributed by atoms with Gasteiger partial charge < -0.3 is 24.4 Å². The second-order valence-electron chi connectivity index (χ2n) is 20.6. The van der Waals surface area contributed by atoms with Crippen LogP contribution in [0.1, 0.15) is 114 Å². The average Bonchev–Trinajstić information content (AvgIpc) is 2.26. The summed E-state index contributed by atoms with van der Waals surface area (Å²) in [5, 5.41) is 25.2. The van der Waals surface area contributed by atoms with E-state index < -0.39 is 69.0 Å². The summed E-state index contributed by atoms with van der Waals surface area (Å²) in [6, 6.07) is 26.6. The lowest BCUT2D eigenvalue weighted by atomic mass is 9.71. The molecule has 1 aliphatic heterocycles. The SMILES string of the molecule is COc1cc2c(cc1F)[N+](C(=O)c1ccc(C)cc1)(C(C(=O)O)(c1c(C)n(C(=O)c3ccc(C)cc3)c3cc(F)c(OC)cc13)C1CCCC1)C(C)=C2C(C(=O)O)c1c(C)n(C(=O)c2ccc(C)cc2)c2cc(F)c(OC)cc12. The second kappa shape index (κ2) is 19.9. The lowest BCUT2D eigenvalue weighted by Crippen LogP contribution is -2.71. The fraction of sp³-hybridized carbons (Fsp3) is 0.254. The zero-order valence-corrected chi connectivity index (χ0v) is 45.0. The third-order valence-corrected chi connectivity index (χ3v) is 16.4. The lowest BCUT2D eigenvalue weighted by molar-refractivity contribution is -0.153. The highest BCUT2D eigenvalue weighted by molar-refractivity contribution is 6.18. The molecule has 8 aromatic rings. The molecule has 0 bridgehead atoms. The number of carbonyl (C=O) groups is 5. The van der Waals surface area contributed by atoms with Gasteiger partial charge in [0, 0.05) is 75.5 Å². The first-order chi connectivity index (χ1) is 37.7. The number of hydrogen-bond donors (Lipinski definition) is 2. The molecule has 79 heavy (non-hydrogen) atoms. The molecule has 1 aliphatic carbocycles. The molecular formula is C63H57F3N3O10+. The van der Waals surface area contributed by atoms with Crippen LogP contribution in [0.3, 0.4) is 0 Å². The van der Waals surface area contributed by atoms with Gasteiger partial charge in [0.2, 0.25) is 5.54 Å². The van der Waals surface area contributed by atoms with E-state index in [0.29, 0.717) is 12.8 Å². The number of nitrogens with zero attached hydrogens (tertiary/aromatic N) is 3. The van der Waals surface area contributed by atoms with E-state index in [1.54, 1.807) is 67.6 Å². The molecule has 6 aromatic carbocycles. The van der Waals surface area contributed by atoms with Crippen LogP contribution in [0.15, 0.2) is 115 Å². The minimum absolute atomic E-state index is 0.00552. The Hall–Kier alpha value is -8.76. The molecule has 3 unspecified atom stereocenters. The van der Waals surface area contributed by atoms with Gasteiger partial charge >= 0.3 is 17.8 Å². The molecule has 1 amide bonds. The smallest absolute Gasteiger partial charge is 0.372 e. The van der Waals surface area contributed by atoms with Crippen molar-refractivity contribution in [3.05, 3.63) is 194 Å². The van der Waals surface area contributed by atoms with Crippen molar-refractivity contribution in [1.29, 1.82) is 0 Å². The highest BCUT2D eigenvalue weighted by Gasteiger charge is 2.73. The van der Waals surface area contributed by atoms with Crippen LogP contribution in [0.5, 0.6) is 17.2 Å². The summed E-state index contributed by atoms with van der Waals surface area (Å²) < 4.78 is 67.5. The van der Waals surface area contributed by atoms with E-state index in [0.717, 1.165) is 34.9 Å². The summed E-state index contributed by atoms with van der Waals surface area (Å²) in [7, 11) is 3.67. The number of rotatable bonds is 13. The van der Waals surface area contributed by atoms with Crippen molar-refractivity contribution in [3.63, 3.8) is 0 Å². The molecule has 16 heteroatoms. The number of benzene rings is 6. The Labute approximate surface area is 453 Å². The highest BCUT2D eigenvalue weighted by atomic mass is 19.1. The maximum atomic E-state index is 17.4. The number of amides is 1. The number of carbonyl (C=O) groups excluding carboxylic acids is 3. The number of carboxylic acid groups (broad SMARTS) is 2. The number of fused-ring (bicyclic) bond motifs is 3. The minimum Gasteiger partial charge on any atom is -0.494 e. The van der Waals surface area contributed by atoms with Crippen LogP contribution in [-0.4, -0.2) is 70.3 Å². The second-order valence-corrected chi connectivity index (χ2v) is 20.6. The van der Waals surface area contributed by atoms with Crippen LogP contribution >= 0.6 is 0 Å². The summed E-state index contributed by atoms with van der Waals surface area (Å²) >= 11 is 0. The summed E-state index contributed by atoms with van der Waals surface area (Å²) in [5.41, 5.74) is -0.825. The van der Waals surface area contributed by atoms with Crippen molar-refractivity contribution < 1.29 is 61.6 Å². The minimum atomic E-state index is -2.68. The van der Waals surface area contributed by atoms with Crippen LogP contribution in [0.2, 0.25) is 0 Å². The van der Waals surface area contributed by atoms with Crippen molar-refractivity contribution in [3.8, 4) is 17.2 Å². The first-order valence-electron chi connectivity index (χ1n) is 25.8. The van der Waals surface area contributed by atoms with Crippen molar-refractivity contribution >= 4 is 62.7 Å². The van der Waals surface area contributed by atoms with Crippen molar-refractivity contribution in [2.24, 2.45) is 5.92 Å². The molecule has 1 fully saturated rings. The molecule has 13 nitrogen and oxygen atoms in total. The predicted molar refractivity (Wildman–Crippen MR) is 293 cm³/mol. The first-order valence-corrected chi connectivity index (χ1v) is 25.8. The van der Waals surface area contributed by atoms with Crippen LogP contribution in [-0.2, 0) is 15.1 Å². The zero-order valence-electron chi connectivity index (χ0n) is 45.0. The van der Waals surface area contributed by atoms with Gasteiger partial charge in [-0.2, -0.15) is 4.48 Å². The van der Waals surface area contributed by atoms with E-state index in [4.69, 9.17) is 14.2 Å². The Morgan fingerprint density at radius 1 is 0.582 bits per heavy atom. The maximum absolute atomic E-state index is 17.4. The molecule has 0 saturated heterocycles. The largest absolute Gasteiger partial charge is 0.494 e. The van der Waals surface area contributed by atoms with Gasteiger partial charge in [0.25, 0.3) is 11.8 Å². The molecule has 1 saturated carbocycles. The number of quaternary nitrogens is 1. The number of carboxylic acids is 2.